The van der Waals surface area contributed by atoms with Crippen LogP contribution in [0.4, 0.5) is 4.39 Å². The van der Waals surface area contributed by atoms with Crippen molar-refractivity contribution < 1.29 is 28.9 Å². The quantitative estimate of drug-likeness (QED) is 0.314. The highest BCUT2D eigenvalue weighted by Crippen LogP contribution is 2.23. The summed E-state index contributed by atoms with van der Waals surface area (Å²) >= 11 is 0. The average molecular weight is 410 g/mol. The summed E-state index contributed by atoms with van der Waals surface area (Å²) in [4.78, 5) is 12.1. The largest absolute Gasteiger partial charge is 0.508 e. The van der Waals surface area contributed by atoms with E-state index in [0.29, 0.717) is 17.1 Å². The number of hydrogen-bond acceptors (Lipinski definition) is 6. The smallest absolute Gasteiger partial charge is 0.275 e. The first-order chi connectivity index (χ1) is 14.5. The maximum atomic E-state index is 13.0. The molecule has 30 heavy (non-hydrogen) atoms. The number of phenols is 2. The SMILES string of the molecule is COc1ccc(C=NNC(=O)c2cc(O)ccc2O)cc1COc1ccc(F)cc1. The molecule has 0 saturated carbocycles. The number of halogens is 1. The molecule has 0 aliphatic heterocycles. The Morgan fingerprint density at radius 1 is 1.10 bits per heavy atom. The molecule has 154 valence electrons. The topological polar surface area (TPSA) is 100 Å². The van der Waals surface area contributed by atoms with Gasteiger partial charge in [-0.15, -0.1) is 0 Å². The number of hydrogen-bond donors (Lipinski definition) is 3. The highest BCUT2D eigenvalue weighted by Gasteiger charge is 2.11. The number of methoxy groups -OCH3 is 1. The van der Waals surface area contributed by atoms with Crippen LogP contribution in [-0.2, 0) is 6.61 Å². The van der Waals surface area contributed by atoms with Crippen molar-refractivity contribution in [3.8, 4) is 23.0 Å². The first-order valence-corrected chi connectivity index (χ1v) is 8.87. The summed E-state index contributed by atoms with van der Waals surface area (Å²) in [6.45, 7) is 0.181. The maximum absolute atomic E-state index is 13.0. The van der Waals surface area contributed by atoms with Crippen LogP contribution in [0.2, 0.25) is 0 Å². The van der Waals surface area contributed by atoms with Gasteiger partial charge in [-0.3, -0.25) is 4.79 Å². The van der Waals surface area contributed by atoms with Crippen LogP contribution < -0.4 is 14.9 Å². The second kappa shape index (κ2) is 9.42. The fourth-order valence-corrected chi connectivity index (χ4v) is 2.62. The summed E-state index contributed by atoms with van der Waals surface area (Å²) < 4.78 is 24.0. The van der Waals surface area contributed by atoms with Gasteiger partial charge in [0.25, 0.3) is 5.91 Å². The number of aromatic hydroxyl groups is 2. The Morgan fingerprint density at radius 3 is 2.60 bits per heavy atom. The number of hydrazone groups is 1. The van der Waals surface area contributed by atoms with Crippen molar-refractivity contribution in [1.82, 2.24) is 5.43 Å². The summed E-state index contributed by atoms with van der Waals surface area (Å²) in [6.07, 6.45) is 1.42. The maximum Gasteiger partial charge on any atom is 0.275 e. The van der Waals surface area contributed by atoms with Gasteiger partial charge in [0.15, 0.2) is 0 Å². The lowest BCUT2D eigenvalue weighted by Gasteiger charge is -2.11. The Balaban J connectivity index is 1.68. The molecule has 0 heterocycles. The Morgan fingerprint density at radius 2 is 1.87 bits per heavy atom. The Bertz CT molecular complexity index is 1070. The number of rotatable bonds is 7. The molecule has 0 atom stereocenters. The van der Waals surface area contributed by atoms with Crippen molar-refractivity contribution in [2.45, 2.75) is 6.61 Å². The number of benzene rings is 3. The highest BCUT2D eigenvalue weighted by molar-refractivity contribution is 5.97. The third-order valence-corrected chi connectivity index (χ3v) is 4.12. The van der Waals surface area contributed by atoms with Gasteiger partial charge in [0.1, 0.15) is 35.4 Å². The van der Waals surface area contributed by atoms with Crippen LogP contribution in [0.15, 0.2) is 65.8 Å². The summed E-state index contributed by atoms with van der Waals surface area (Å²) in [5.74, 6) is -0.334. The zero-order valence-electron chi connectivity index (χ0n) is 16.0. The summed E-state index contributed by atoms with van der Waals surface area (Å²) in [6, 6.07) is 14.5. The predicted molar refractivity (Wildman–Crippen MR) is 109 cm³/mol. The predicted octanol–water partition coefficient (Wildman–Crippen LogP) is 3.59. The van der Waals surface area contributed by atoms with Crippen molar-refractivity contribution >= 4 is 12.1 Å². The number of phenolic OH excluding ortho intramolecular Hbond substituents is 2. The van der Waals surface area contributed by atoms with Crippen LogP contribution >= 0.6 is 0 Å². The van der Waals surface area contributed by atoms with Gasteiger partial charge in [-0.25, -0.2) is 9.82 Å². The molecule has 0 bridgehead atoms. The number of ether oxygens (including phenoxy) is 2. The molecule has 0 radical (unpaired) electrons. The molecule has 0 aliphatic carbocycles. The lowest BCUT2D eigenvalue weighted by Crippen LogP contribution is -2.17. The number of carbonyl (C=O) groups is 1. The zero-order valence-corrected chi connectivity index (χ0v) is 16.0. The third-order valence-electron chi connectivity index (χ3n) is 4.12. The molecule has 1 amide bonds. The second-order valence-corrected chi connectivity index (χ2v) is 6.21. The lowest BCUT2D eigenvalue weighted by atomic mass is 10.1. The van der Waals surface area contributed by atoms with Gasteiger partial charge in [-0.2, -0.15) is 5.10 Å². The van der Waals surface area contributed by atoms with E-state index in [1.807, 2.05) is 0 Å². The van der Waals surface area contributed by atoms with E-state index in [-0.39, 0.29) is 29.5 Å². The molecule has 0 saturated heterocycles. The van der Waals surface area contributed by atoms with Crippen LogP contribution in [0.25, 0.3) is 0 Å². The fourth-order valence-electron chi connectivity index (χ4n) is 2.62. The van der Waals surface area contributed by atoms with E-state index < -0.39 is 5.91 Å². The Hall–Kier alpha value is -4.07. The Kier molecular flexibility index (Phi) is 6.49. The average Bonchev–Trinajstić information content (AvgIpc) is 2.75. The molecule has 0 fully saturated rings. The standard InChI is InChI=1S/C22H19FN2O5/c1-29-21-9-2-14(10-15(21)13-30-18-6-3-16(23)4-7-18)12-24-25-22(28)19-11-17(26)5-8-20(19)27/h2-12,26-27H,13H2,1H3,(H,25,28). The van der Waals surface area contributed by atoms with E-state index >= 15 is 0 Å². The van der Waals surface area contributed by atoms with Crippen LogP contribution in [-0.4, -0.2) is 29.4 Å². The van der Waals surface area contributed by atoms with Gasteiger partial charge in [-0.05, 0) is 66.2 Å². The van der Waals surface area contributed by atoms with E-state index in [4.69, 9.17) is 9.47 Å². The molecule has 3 aromatic rings. The molecule has 0 unspecified atom stereocenters. The summed E-state index contributed by atoms with van der Waals surface area (Å²) in [5.41, 5.74) is 3.57. The van der Waals surface area contributed by atoms with Crippen molar-refractivity contribution in [1.29, 1.82) is 0 Å². The van der Waals surface area contributed by atoms with E-state index in [1.54, 1.807) is 18.2 Å². The molecule has 7 nitrogen and oxygen atoms in total. The molecule has 3 N–H and O–H groups in total. The molecule has 3 aromatic carbocycles. The number of nitrogens with zero attached hydrogens (tertiary/aromatic N) is 1. The number of nitrogens with one attached hydrogen (secondary N) is 1. The molecule has 3 rings (SSSR count). The monoisotopic (exact) mass is 410 g/mol. The van der Waals surface area contributed by atoms with Gasteiger partial charge in [-0.1, -0.05) is 0 Å². The van der Waals surface area contributed by atoms with E-state index in [9.17, 15) is 19.4 Å². The minimum Gasteiger partial charge on any atom is -0.508 e. The molecule has 0 aromatic heterocycles. The van der Waals surface area contributed by atoms with Crippen molar-refractivity contribution in [3.63, 3.8) is 0 Å². The van der Waals surface area contributed by atoms with Crippen molar-refractivity contribution in [2.75, 3.05) is 7.11 Å². The minimum absolute atomic E-state index is 0.102. The first kappa shape index (κ1) is 20.7. The summed E-state index contributed by atoms with van der Waals surface area (Å²) in [5, 5.41) is 23.0. The summed E-state index contributed by atoms with van der Waals surface area (Å²) in [7, 11) is 1.53. The van der Waals surface area contributed by atoms with Gasteiger partial charge in [0, 0.05) is 5.56 Å². The van der Waals surface area contributed by atoms with E-state index in [0.717, 1.165) is 11.6 Å². The molecule has 8 heteroatoms. The Labute approximate surface area is 172 Å². The number of amides is 1. The van der Waals surface area contributed by atoms with Crippen molar-refractivity contribution in [2.24, 2.45) is 5.10 Å². The van der Waals surface area contributed by atoms with Crippen molar-refractivity contribution in [3.05, 3.63) is 83.2 Å². The first-order valence-electron chi connectivity index (χ1n) is 8.87. The zero-order chi connectivity index (χ0) is 21.5. The van der Waals surface area contributed by atoms with Gasteiger partial charge >= 0.3 is 0 Å². The fraction of sp³-hybridized carbons (Fsp3) is 0.0909. The molecular weight excluding hydrogens is 391 g/mol. The highest BCUT2D eigenvalue weighted by atomic mass is 19.1. The minimum atomic E-state index is -0.673. The van der Waals surface area contributed by atoms with Gasteiger partial charge in [0.2, 0.25) is 0 Å². The molecule has 0 spiro atoms. The van der Waals surface area contributed by atoms with Crippen LogP contribution in [0.1, 0.15) is 21.5 Å². The normalized spacial score (nSPS) is 10.7. The lowest BCUT2D eigenvalue weighted by molar-refractivity contribution is 0.0952. The van der Waals surface area contributed by atoms with Crippen LogP contribution in [0, 0.1) is 5.82 Å². The van der Waals surface area contributed by atoms with Gasteiger partial charge in [0.05, 0.1) is 18.9 Å². The van der Waals surface area contributed by atoms with E-state index in [1.165, 1.54) is 49.7 Å². The van der Waals surface area contributed by atoms with Crippen LogP contribution in [0.3, 0.4) is 0 Å². The second-order valence-electron chi connectivity index (χ2n) is 6.21. The van der Waals surface area contributed by atoms with Crippen LogP contribution in [0.5, 0.6) is 23.0 Å². The van der Waals surface area contributed by atoms with Gasteiger partial charge < -0.3 is 19.7 Å². The third kappa shape index (κ3) is 5.26. The number of carbonyl (C=O) groups excluding carboxylic acids is 1. The van der Waals surface area contributed by atoms with E-state index in [2.05, 4.69) is 10.5 Å². The molecular formula is C22H19FN2O5. The molecule has 0 aliphatic rings.